The highest BCUT2D eigenvalue weighted by Gasteiger charge is 2.45. The Labute approximate surface area is 347 Å². The Kier molecular flexibility index (Phi) is 7.51. The van der Waals surface area contributed by atoms with Gasteiger partial charge in [0.2, 0.25) is 0 Å². The minimum Gasteiger partial charge on any atom is -0.310 e. The van der Waals surface area contributed by atoms with Crippen LogP contribution in [0.1, 0.15) is 61.8 Å². The molecule has 1 nitrogen and oxygen atoms in total. The zero-order valence-corrected chi connectivity index (χ0v) is 33.7. The molecule has 282 valence electrons. The van der Waals surface area contributed by atoms with Gasteiger partial charge in [-0.1, -0.05) is 178 Å². The minimum absolute atomic E-state index is 0.0736. The summed E-state index contributed by atoms with van der Waals surface area (Å²) < 4.78 is 0. The summed E-state index contributed by atoms with van der Waals surface area (Å²) in [4.78, 5) is 2.54. The number of benzene rings is 9. The predicted molar refractivity (Wildman–Crippen MR) is 249 cm³/mol. The van der Waals surface area contributed by atoms with Gasteiger partial charge in [0, 0.05) is 27.8 Å². The monoisotopic (exact) mass is 755 g/mol. The lowest BCUT2D eigenvalue weighted by Gasteiger charge is -2.32. The van der Waals surface area contributed by atoms with Gasteiger partial charge in [0.15, 0.2) is 0 Å². The maximum Gasteiger partial charge on any atom is 0.0540 e. The van der Waals surface area contributed by atoms with Crippen LogP contribution in [-0.2, 0) is 10.8 Å². The summed E-state index contributed by atoms with van der Waals surface area (Å²) in [6, 6.07) is 70.9. The second-order valence-corrected chi connectivity index (χ2v) is 17.6. The van der Waals surface area contributed by atoms with Gasteiger partial charge in [-0.05, 0) is 132 Å². The van der Waals surface area contributed by atoms with Crippen LogP contribution in [0, 0.1) is 0 Å². The van der Waals surface area contributed by atoms with Gasteiger partial charge in [0.1, 0.15) is 0 Å². The summed E-state index contributed by atoms with van der Waals surface area (Å²) >= 11 is 0. The molecule has 59 heavy (non-hydrogen) atoms. The molecule has 1 heteroatoms. The third-order valence-electron chi connectivity index (χ3n) is 14.2. The lowest BCUT2D eigenvalue weighted by molar-refractivity contribution is 0.550. The smallest absolute Gasteiger partial charge is 0.0540 e. The van der Waals surface area contributed by atoms with Crippen LogP contribution in [0.3, 0.4) is 0 Å². The quantitative estimate of drug-likeness (QED) is 0.158. The van der Waals surface area contributed by atoms with Crippen LogP contribution in [0.2, 0.25) is 0 Å². The number of hydrogen-bond acceptors (Lipinski definition) is 1. The van der Waals surface area contributed by atoms with E-state index in [1.165, 1.54) is 125 Å². The molecule has 0 N–H and O–H groups in total. The molecule has 0 amide bonds. The fourth-order valence-electron chi connectivity index (χ4n) is 11.6. The SMILES string of the molecule is CC1(C)c2ccccc2-c2cccc(-c3ccccc3N(c3ccc(-c4cc5ccccc5c5ccccc45)cc3)c3ccc4c(c3)C3(CCCC3)c3ccccc3-4)c21. The number of para-hydroxylation sites is 1. The highest BCUT2D eigenvalue weighted by Crippen LogP contribution is 2.59. The molecule has 0 heterocycles. The van der Waals surface area contributed by atoms with Gasteiger partial charge in [0.05, 0.1) is 5.69 Å². The molecule has 9 aromatic rings. The fourth-order valence-corrected chi connectivity index (χ4v) is 11.6. The summed E-state index contributed by atoms with van der Waals surface area (Å²) in [6.07, 6.45) is 4.95. The highest BCUT2D eigenvalue weighted by molar-refractivity contribution is 6.13. The van der Waals surface area contributed by atoms with E-state index < -0.39 is 0 Å². The standard InChI is InChI=1S/C58H45N/c1-57(2)52-25-10-7-21-46(52)49-23-15-24-50(56(49)57)48-22-9-12-27-55(48)59(41-32-33-47-45-20-8-11-26-53(45)58(54(47)37-41)34-13-14-35-58)40-30-28-38(29-31-40)51-36-39-16-3-4-17-42(39)43-18-5-6-19-44(43)51/h3-12,15-33,36-37H,13-14,34-35H2,1-2H3. The van der Waals surface area contributed by atoms with Crippen LogP contribution < -0.4 is 4.90 Å². The zero-order valence-electron chi connectivity index (χ0n) is 33.7. The molecule has 9 aromatic carbocycles. The molecule has 0 aromatic heterocycles. The Morgan fingerprint density at radius 2 is 0.949 bits per heavy atom. The van der Waals surface area contributed by atoms with E-state index in [1.807, 2.05) is 0 Å². The number of fused-ring (bicyclic) bond motifs is 11. The Morgan fingerprint density at radius 1 is 0.390 bits per heavy atom. The third kappa shape index (κ3) is 4.98. The number of nitrogens with zero attached hydrogens (tertiary/aromatic N) is 1. The Hall–Kier alpha value is -6.70. The molecule has 1 saturated carbocycles. The first-order chi connectivity index (χ1) is 29.0. The van der Waals surface area contributed by atoms with Crippen molar-refractivity contribution in [3.05, 3.63) is 210 Å². The van der Waals surface area contributed by atoms with Gasteiger partial charge in [-0.25, -0.2) is 0 Å². The minimum atomic E-state index is -0.140. The van der Waals surface area contributed by atoms with Crippen LogP contribution in [0.5, 0.6) is 0 Å². The van der Waals surface area contributed by atoms with Crippen molar-refractivity contribution < 1.29 is 0 Å². The maximum atomic E-state index is 2.55. The molecule has 0 unspecified atom stereocenters. The molecule has 0 atom stereocenters. The zero-order chi connectivity index (χ0) is 39.3. The molecule has 0 saturated heterocycles. The Bertz CT molecular complexity index is 3140. The van der Waals surface area contributed by atoms with Gasteiger partial charge >= 0.3 is 0 Å². The van der Waals surface area contributed by atoms with Crippen molar-refractivity contribution in [2.75, 3.05) is 4.90 Å². The van der Waals surface area contributed by atoms with E-state index in [4.69, 9.17) is 0 Å². The van der Waals surface area contributed by atoms with Crippen molar-refractivity contribution in [1.29, 1.82) is 0 Å². The summed E-state index contributed by atoms with van der Waals surface area (Å²) in [5.74, 6) is 0. The number of anilines is 3. The van der Waals surface area contributed by atoms with Crippen molar-refractivity contribution in [1.82, 2.24) is 0 Å². The van der Waals surface area contributed by atoms with Gasteiger partial charge < -0.3 is 4.90 Å². The lowest BCUT2D eigenvalue weighted by atomic mass is 9.76. The summed E-state index contributed by atoms with van der Waals surface area (Å²) in [7, 11) is 0. The summed E-state index contributed by atoms with van der Waals surface area (Å²) in [5.41, 5.74) is 19.8. The molecule has 1 spiro atoms. The number of hydrogen-bond donors (Lipinski definition) is 0. The lowest BCUT2D eigenvalue weighted by Crippen LogP contribution is -2.21. The topological polar surface area (TPSA) is 3.24 Å². The largest absolute Gasteiger partial charge is 0.310 e. The molecular weight excluding hydrogens is 711 g/mol. The van der Waals surface area contributed by atoms with Crippen LogP contribution in [0.15, 0.2) is 188 Å². The van der Waals surface area contributed by atoms with E-state index in [-0.39, 0.29) is 10.8 Å². The van der Waals surface area contributed by atoms with Crippen molar-refractivity contribution in [2.45, 2.75) is 50.4 Å². The number of rotatable bonds is 5. The molecule has 3 aliphatic carbocycles. The maximum absolute atomic E-state index is 2.55. The first-order valence-corrected chi connectivity index (χ1v) is 21.4. The molecule has 1 fully saturated rings. The van der Waals surface area contributed by atoms with E-state index in [0.29, 0.717) is 0 Å². The van der Waals surface area contributed by atoms with Crippen molar-refractivity contribution in [3.63, 3.8) is 0 Å². The van der Waals surface area contributed by atoms with Crippen molar-refractivity contribution in [3.8, 4) is 44.5 Å². The normalized spacial score (nSPS) is 15.3. The molecule has 0 radical (unpaired) electrons. The Balaban J connectivity index is 1.07. The van der Waals surface area contributed by atoms with Gasteiger partial charge in [0.25, 0.3) is 0 Å². The van der Waals surface area contributed by atoms with Gasteiger partial charge in [-0.2, -0.15) is 0 Å². The second kappa shape index (κ2) is 12.9. The average molecular weight is 756 g/mol. The third-order valence-corrected chi connectivity index (χ3v) is 14.2. The fraction of sp³-hybridized carbons (Fsp3) is 0.138. The van der Waals surface area contributed by atoms with Crippen molar-refractivity contribution in [2.24, 2.45) is 0 Å². The van der Waals surface area contributed by atoms with E-state index in [0.717, 1.165) is 5.69 Å². The van der Waals surface area contributed by atoms with E-state index in [2.05, 4.69) is 207 Å². The predicted octanol–water partition coefficient (Wildman–Crippen LogP) is 15.9. The molecule has 3 aliphatic rings. The van der Waals surface area contributed by atoms with E-state index in [1.54, 1.807) is 0 Å². The first-order valence-electron chi connectivity index (χ1n) is 21.4. The molecule has 12 rings (SSSR count). The molecule has 0 bridgehead atoms. The van der Waals surface area contributed by atoms with Crippen LogP contribution >= 0.6 is 0 Å². The Morgan fingerprint density at radius 3 is 1.73 bits per heavy atom. The van der Waals surface area contributed by atoms with Crippen molar-refractivity contribution >= 4 is 38.6 Å². The second-order valence-electron chi connectivity index (χ2n) is 17.6. The van der Waals surface area contributed by atoms with Crippen LogP contribution in [0.4, 0.5) is 17.1 Å². The molecule has 0 aliphatic heterocycles. The van der Waals surface area contributed by atoms with Gasteiger partial charge in [-0.3, -0.25) is 0 Å². The van der Waals surface area contributed by atoms with Crippen LogP contribution in [-0.4, -0.2) is 0 Å². The highest BCUT2D eigenvalue weighted by atomic mass is 15.1. The van der Waals surface area contributed by atoms with E-state index in [9.17, 15) is 0 Å². The van der Waals surface area contributed by atoms with Crippen LogP contribution in [0.25, 0.3) is 66.1 Å². The average Bonchev–Trinajstić information content (AvgIpc) is 3.96. The molecular formula is C58H45N. The summed E-state index contributed by atoms with van der Waals surface area (Å²) in [5, 5.41) is 5.13. The summed E-state index contributed by atoms with van der Waals surface area (Å²) in [6.45, 7) is 4.80. The van der Waals surface area contributed by atoms with E-state index >= 15 is 0 Å². The first kappa shape index (κ1) is 34.4. The van der Waals surface area contributed by atoms with Gasteiger partial charge in [-0.15, -0.1) is 0 Å².